The summed E-state index contributed by atoms with van der Waals surface area (Å²) in [5, 5.41) is 14.9. The molecule has 7 nitrogen and oxygen atoms in total. The number of anilines is 1. The van der Waals surface area contributed by atoms with E-state index in [0.29, 0.717) is 24.5 Å². The Kier molecular flexibility index (Phi) is 7.08. The predicted molar refractivity (Wildman–Crippen MR) is 122 cm³/mol. The van der Waals surface area contributed by atoms with Crippen LogP contribution in [0.2, 0.25) is 0 Å². The maximum atomic E-state index is 12.9. The molecular weight excluding hydrogens is 410 g/mol. The summed E-state index contributed by atoms with van der Waals surface area (Å²) in [6, 6.07) is 6.56. The van der Waals surface area contributed by atoms with E-state index in [0.717, 1.165) is 63.4 Å². The highest BCUT2D eigenvalue weighted by atomic mass is 32.1. The molecule has 0 radical (unpaired) electrons. The quantitative estimate of drug-likeness (QED) is 0.715. The van der Waals surface area contributed by atoms with Gasteiger partial charge in [0.2, 0.25) is 5.91 Å². The van der Waals surface area contributed by atoms with Crippen molar-refractivity contribution in [1.82, 2.24) is 14.4 Å². The first-order chi connectivity index (χ1) is 15.0. The second-order valence-electron chi connectivity index (χ2n) is 8.47. The first kappa shape index (κ1) is 22.0. The minimum absolute atomic E-state index is 0.0608. The normalized spacial score (nSPS) is 20.1. The molecule has 0 aromatic carbocycles. The van der Waals surface area contributed by atoms with Gasteiger partial charge in [0.1, 0.15) is 11.9 Å². The van der Waals surface area contributed by atoms with Gasteiger partial charge < -0.3 is 14.6 Å². The SMILES string of the molecule is Cc1c(C#N)c(NC(=O)CN2CCN(Cc3cccs3)CC2)n(C[C@@H]2CCCO2)c1C. The van der Waals surface area contributed by atoms with Crippen LogP contribution in [0, 0.1) is 25.2 Å². The fourth-order valence-corrected chi connectivity index (χ4v) is 5.20. The summed E-state index contributed by atoms with van der Waals surface area (Å²) < 4.78 is 7.85. The van der Waals surface area contributed by atoms with Gasteiger partial charge in [-0.2, -0.15) is 5.26 Å². The van der Waals surface area contributed by atoms with Crippen molar-refractivity contribution >= 4 is 23.1 Å². The Morgan fingerprint density at radius 2 is 2.06 bits per heavy atom. The third-order valence-corrected chi connectivity index (χ3v) is 7.26. The number of hydrogen-bond acceptors (Lipinski definition) is 6. The lowest BCUT2D eigenvalue weighted by atomic mass is 10.2. The molecule has 4 rings (SSSR count). The number of rotatable bonds is 7. The molecule has 2 aliphatic heterocycles. The molecule has 2 fully saturated rings. The summed E-state index contributed by atoms with van der Waals surface area (Å²) in [6.45, 7) is 10.4. The molecule has 4 heterocycles. The van der Waals surface area contributed by atoms with Crippen molar-refractivity contribution in [1.29, 1.82) is 5.26 Å². The molecule has 166 valence electrons. The van der Waals surface area contributed by atoms with Gasteiger partial charge in [0.25, 0.3) is 0 Å². The molecule has 0 saturated carbocycles. The van der Waals surface area contributed by atoms with Crippen molar-refractivity contribution < 1.29 is 9.53 Å². The van der Waals surface area contributed by atoms with Crippen molar-refractivity contribution in [2.75, 3.05) is 44.6 Å². The molecule has 31 heavy (non-hydrogen) atoms. The molecule has 0 aliphatic carbocycles. The first-order valence-corrected chi connectivity index (χ1v) is 11.9. The molecular formula is C23H31N5O2S. The summed E-state index contributed by atoms with van der Waals surface area (Å²) in [5.74, 6) is 0.559. The zero-order valence-electron chi connectivity index (χ0n) is 18.4. The Labute approximate surface area is 188 Å². The number of hydrogen-bond donors (Lipinski definition) is 1. The van der Waals surface area contributed by atoms with Crippen molar-refractivity contribution in [2.24, 2.45) is 0 Å². The summed E-state index contributed by atoms with van der Waals surface area (Å²) in [5.41, 5.74) is 2.51. The molecule has 1 N–H and O–H groups in total. The number of amides is 1. The van der Waals surface area contributed by atoms with Gasteiger partial charge in [0.15, 0.2) is 0 Å². The zero-order valence-corrected chi connectivity index (χ0v) is 19.2. The molecule has 0 spiro atoms. The van der Waals surface area contributed by atoms with E-state index in [1.807, 2.05) is 13.8 Å². The lowest BCUT2D eigenvalue weighted by Gasteiger charge is -2.34. The number of aromatic nitrogens is 1. The van der Waals surface area contributed by atoms with Crippen LogP contribution in [0.3, 0.4) is 0 Å². The molecule has 8 heteroatoms. The van der Waals surface area contributed by atoms with E-state index in [1.165, 1.54) is 4.88 Å². The largest absolute Gasteiger partial charge is 0.376 e. The maximum absolute atomic E-state index is 12.9. The van der Waals surface area contributed by atoms with Gasteiger partial charge in [-0.05, 0) is 43.7 Å². The molecule has 2 aliphatic rings. The Morgan fingerprint density at radius 1 is 1.29 bits per heavy atom. The smallest absolute Gasteiger partial charge is 0.239 e. The number of thiophene rings is 1. The number of carbonyl (C=O) groups excluding carboxylic acids is 1. The van der Waals surface area contributed by atoms with Crippen molar-refractivity contribution in [3.63, 3.8) is 0 Å². The lowest BCUT2D eigenvalue weighted by Crippen LogP contribution is -2.48. The summed E-state index contributed by atoms with van der Waals surface area (Å²) in [6.07, 6.45) is 2.22. The summed E-state index contributed by atoms with van der Waals surface area (Å²) >= 11 is 1.79. The van der Waals surface area contributed by atoms with E-state index < -0.39 is 0 Å². The van der Waals surface area contributed by atoms with E-state index in [2.05, 4.69) is 43.3 Å². The van der Waals surface area contributed by atoms with Gasteiger partial charge in [-0.1, -0.05) is 6.07 Å². The third kappa shape index (κ3) is 5.18. The molecule has 0 unspecified atom stereocenters. The molecule has 2 aromatic heterocycles. The Balaban J connectivity index is 1.36. The monoisotopic (exact) mass is 441 g/mol. The second-order valence-corrected chi connectivity index (χ2v) is 9.50. The fourth-order valence-electron chi connectivity index (χ4n) is 4.45. The fraction of sp³-hybridized carbons (Fsp3) is 0.565. The van der Waals surface area contributed by atoms with Gasteiger partial charge in [-0.3, -0.25) is 14.6 Å². The molecule has 2 saturated heterocycles. The number of nitrogens with zero attached hydrogens (tertiary/aromatic N) is 4. The molecule has 1 amide bonds. The average Bonchev–Trinajstić information content (AvgIpc) is 3.50. The maximum Gasteiger partial charge on any atom is 0.239 e. The van der Waals surface area contributed by atoms with E-state index in [-0.39, 0.29) is 12.0 Å². The lowest BCUT2D eigenvalue weighted by molar-refractivity contribution is -0.117. The van der Waals surface area contributed by atoms with Crippen LogP contribution in [0.5, 0.6) is 0 Å². The number of piperazine rings is 1. The van der Waals surface area contributed by atoms with E-state index in [4.69, 9.17) is 4.74 Å². The van der Waals surface area contributed by atoms with Gasteiger partial charge in [-0.25, -0.2) is 0 Å². The van der Waals surface area contributed by atoms with Gasteiger partial charge in [-0.15, -0.1) is 11.3 Å². The minimum Gasteiger partial charge on any atom is -0.376 e. The van der Waals surface area contributed by atoms with Crippen molar-refractivity contribution in [3.8, 4) is 6.07 Å². The Hall–Kier alpha value is -2.18. The Bertz CT molecular complexity index is 932. The zero-order chi connectivity index (χ0) is 21.8. The number of carbonyl (C=O) groups is 1. The van der Waals surface area contributed by atoms with E-state index >= 15 is 0 Å². The minimum atomic E-state index is -0.0608. The van der Waals surface area contributed by atoms with Crippen molar-refractivity contribution in [2.45, 2.75) is 45.9 Å². The number of nitrogens with one attached hydrogen (secondary N) is 1. The average molecular weight is 442 g/mol. The van der Waals surface area contributed by atoms with Crippen LogP contribution in [0.1, 0.15) is 34.5 Å². The second kappa shape index (κ2) is 9.96. The van der Waals surface area contributed by atoms with Crippen LogP contribution >= 0.6 is 11.3 Å². The van der Waals surface area contributed by atoms with Gasteiger partial charge in [0, 0.05) is 49.9 Å². The third-order valence-electron chi connectivity index (χ3n) is 6.40. The summed E-state index contributed by atoms with van der Waals surface area (Å²) in [4.78, 5) is 18.9. The standard InChI is InChI=1S/C23H31N5O2S/c1-17-18(2)28(14-19-5-3-11-30-19)23(21(17)13-24)25-22(29)16-27-9-7-26(8-10-27)15-20-6-4-12-31-20/h4,6,12,19H,3,5,7-11,14-16H2,1-2H3,(H,25,29)/t19-/m0/s1. The van der Waals surface area contributed by atoms with Crippen LogP contribution in [0.15, 0.2) is 17.5 Å². The van der Waals surface area contributed by atoms with Crippen LogP contribution in [-0.4, -0.2) is 65.7 Å². The van der Waals surface area contributed by atoms with E-state index in [1.54, 1.807) is 11.3 Å². The van der Waals surface area contributed by atoms with Crippen LogP contribution in [0.25, 0.3) is 0 Å². The van der Waals surface area contributed by atoms with Crippen molar-refractivity contribution in [3.05, 3.63) is 39.2 Å². The number of ether oxygens (including phenoxy) is 1. The first-order valence-electron chi connectivity index (χ1n) is 11.0. The Morgan fingerprint density at radius 3 is 2.71 bits per heavy atom. The van der Waals surface area contributed by atoms with Gasteiger partial charge >= 0.3 is 0 Å². The highest BCUT2D eigenvalue weighted by molar-refractivity contribution is 7.09. The molecule has 2 aromatic rings. The van der Waals surface area contributed by atoms with E-state index in [9.17, 15) is 10.1 Å². The molecule has 1 atom stereocenters. The van der Waals surface area contributed by atoms with Gasteiger partial charge in [0.05, 0.1) is 24.8 Å². The van der Waals surface area contributed by atoms with Crippen LogP contribution in [-0.2, 0) is 22.6 Å². The van der Waals surface area contributed by atoms with Crippen LogP contribution < -0.4 is 5.32 Å². The van der Waals surface area contributed by atoms with Crippen LogP contribution in [0.4, 0.5) is 5.82 Å². The highest BCUT2D eigenvalue weighted by Gasteiger charge is 2.25. The summed E-state index contributed by atoms with van der Waals surface area (Å²) in [7, 11) is 0. The highest BCUT2D eigenvalue weighted by Crippen LogP contribution is 2.28. The topological polar surface area (TPSA) is 73.5 Å². The predicted octanol–water partition coefficient (Wildman–Crippen LogP) is 2.97. The number of nitriles is 1. The molecule has 0 bridgehead atoms.